The zero-order chi connectivity index (χ0) is 17.6. The Kier molecular flexibility index (Phi) is 4.52. The van der Waals surface area contributed by atoms with Crippen molar-refractivity contribution < 1.29 is 19.7 Å². The van der Waals surface area contributed by atoms with Gasteiger partial charge in [0.2, 0.25) is 0 Å². The minimum atomic E-state index is -0.0337. The highest BCUT2D eigenvalue weighted by Crippen LogP contribution is 2.63. The third kappa shape index (κ3) is 2.59. The summed E-state index contributed by atoms with van der Waals surface area (Å²) in [5.41, 5.74) is 2.42. The molecule has 4 nitrogen and oxygen atoms in total. The van der Waals surface area contributed by atoms with Crippen molar-refractivity contribution in [2.45, 2.75) is 31.6 Å². The monoisotopic (exact) mass is 362 g/mol. The molecule has 134 valence electrons. The molecule has 1 saturated carbocycles. The van der Waals surface area contributed by atoms with Crippen LogP contribution in [0.15, 0.2) is 18.2 Å². The van der Waals surface area contributed by atoms with Crippen molar-refractivity contribution in [2.24, 2.45) is 5.92 Å². The van der Waals surface area contributed by atoms with E-state index in [1.807, 2.05) is 18.2 Å². The Balaban J connectivity index is 2.02. The highest BCUT2D eigenvalue weighted by Gasteiger charge is 2.46. The van der Waals surface area contributed by atoms with Crippen molar-refractivity contribution in [3.05, 3.63) is 34.3 Å². The standard InChI is InChI=1S/C20H23ClO4/c1-11-9-12-10-14(11)18-16(12)20(25-8-6-23)17-13(3-2-4-15(17)21)19(18)24-7-5-22/h2-4,11-12,14,22-23H,5-10H2,1H3. The zero-order valence-electron chi connectivity index (χ0n) is 14.3. The largest absolute Gasteiger partial charge is 0.490 e. The number of aliphatic hydroxyl groups excluding tert-OH is 2. The Hall–Kier alpha value is -1.49. The van der Waals surface area contributed by atoms with E-state index in [0.717, 1.165) is 35.1 Å². The SMILES string of the molecule is CC1CC2CC1c1c2c(OCCO)c2c(Cl)cccc2c1OCCO. The van der Waals surface area contributed by atoms with Gasteiger partial charge < -0.3 is 19.7 Å². The van der Waals surface area contributed by atoms with Crippen LogP contribution in [0, 0.1) is 5.92 Å². The first-order chi connectivity index (χ1) is 12.2. The molecule has 0 spiro atoms. The molecule has 0 amide bonds. The molecule has 2 aromatic rings. The quantitative estimate of drug-likeness (QED) is 0.819. The summed E-state index contributed by atoms with van der Waals surface area (Å²) in [6.07, 6.45) is 2.25. The molecule has 0 aliphatic heterocycles. The van der Waals surface area contributed by atoms with Crippen LogP contribution in [0.5, 0.6) is 11.5 Å². The molecule has 0 saturated heterocycles. The summed E-state index contributed by atoms with van der Waals surface area (Å²) < 4.78 is 12.0. The first-order valence-corrected chi connectivity index (χ1v) is 9.30. The molecule has 3 atom stereocenters. The van der Waals surface area contributed by atoms with Gasteiger partial charge in [-0.05, 0) is 36.7 Å². The third-order valence-corrected chi connectivity index (χ3v) is 5.92. The minimum Gasteiger partial charge on any atom is -0.490 e. The number of ether oxygens (including phenoxy) is 2. The maximum absolute atomic E-state index is 9.25. The number of benzene rings is 2. The average molecular weight is 363 g/mol. The molecule has 2 aromatic carbocycles. The molecule has 0 heterocycles. The van der Waals surface area contributed by atoms with E-state index in [0.29, 0.717) is 22.8 Å². The highest BCUT2D eigenvalue weighted by molar-refractivity contribution is 6.36. The number of halogens is 1. The van der Waals surface area contributed by atoms with Crippen LogP contribution in [-0.4, -0.2) is 36.6 Å². The van der Waals surface area contributed by atoms with E-state index >= 15 is 0 Å². The second-order valence-corrected chi connectivity index (χ2v) is 7.45. The molecule has 2 bridgehead atoms. The summed E-state index contributed by atoms with van der Waals surface area (Å²) in [5, 5.41) is 20.9. The van der Waals surface area contributed by atoms with Gasteiger partial charge in [0.1, 0.15) is 24.7 Å². The maximum atomic E-state index is 9.25. The average Bonchev–Trinajstić information content (AvgIpc) is 3.16. The maximum Gasteiger partial charge on any atom is 0.132 e. The Bertz CT molecular complexity index is 804. The van der Waals surface area contributed by atoms with Crippen LogP contribution in [0.25, 0.3) is 10.8 Å². The first kappa shape index (κ1) is 17.0. The van der Waals surface area contributed by atoms with E-state index in [9.17, 15) is 10.2 Å². The third-order valence-electron chi connectivity index (χ3n) is 5.60. The van der Waals surface area contributed by atoms with Gasteiger partial charge in [0.25, 0.3) is 0 Å². The van der Waals surface area contributed by atoms with E-state index < -0.39 is 0 Å². The summed E-state index contributed by atoms with van der Waals surface area (Å²) in [7, 11) is 0. The summed E-state index contributed by atoms with van der Waals surface area (Å²) in [6, 6.07) is 5.76. The van der Waals surface area contributed by atoms with E-state index in [-0.39, 0.29) is 26.4 Å². The van der Waals surface area contributed by atoms with Crippen LogP contribution in [-0.2, 0) is 0 Å². The molecule has 1 fully saturated rings. The summed E-state index contributed by atoms with van der Waals surface area (Å²) in [6.45, 7) is 2.74. The van der Waals surface area contributed by atoms with Crippen molar-refractivity contribution in [2.75, 3.05) is 26.4 Å². The van der Waals surface area contributed by atoms with Crippen molar-refractivity contribution in [3.8, 4) is 11.5 Å². The number of aliphatic hydroxyl groups is 2. The molecule has 5 heteroatoms. The van der Waals surface area contributed by atoms with Crippen LogP contribution in [0.4, 0.5) is 0 Å². The molecule has 2 aliphatic rings. The predicted molar refractivity (Wildman–Crippen MR) is 98.0 cm³/mol. The Morgan fingerprint density at radius 3 is 2.48 bits per heavy atom. The molecule has 2 aliphatic carbocycles. The van der Waals surface area contributed by atoms with Crippen molar-refractivity contribution >= 4 is 22.4 Å². The van der Waals surface area contributed by atoms with Gasteiger partial charge in [-0.25, -0.2) is 0 Å². The van der Waals surface area contributed by atoms with Gasteiger partial charge in [-0.2, -0.15) is 0 Å². The zero-order valence-corrected chi connectivity index (χ0v) is 15.1. The highest BCUT2D eigenvalue weighted by atomic mass is 35.5. The Morgan fingerprint density at radius 1 is 1.04 bits per heavy atom. The number of rotatable bonds is 6. The fourth-order valence-electron chi connectivity index (χ4n) is 4.73. The molecular weight excluding hydrogens is 340 g/mol. The first-order valence-electron chi connectivity index (χ1n) is 8.92. The lowest BCUT2D eigenvalue weighted by Gasteiger charge is -2.28. The molecular formula is C20H23ClO4. The smallest absolute Gasteiger partial charge is 0.132 e. The number of hydrogen-bond donors (Lipinski definition) is 2. The Labute approximate surface area is 152 Å². The molecule has 4 rings (SSSR count). The van der Waals surface area contributed by atoms with Gasteiger partial charge in [-0.1, -0.05) is 30.7 Å². The van der Waals surface area contributed by atoms with Crippen molar-refractivity contribution in [3.63, 3.8) is 0 Å². The molecule has 25 heavy (non-hydrogen) atoms. The summed E-state index contributed by atoms with van der Waals surface area (Å²) in [5.74, 6) is 3.16. The van der Waals surface area contributed by atoms with E-state index in [1.54, 1.807) is 0 Å². The van der Waals surface area contributed by atoms with Gasteiger partial charge in [0.05, 0.1) is 18.2 Å². The number of fused-ring (bicyclic) bond motifs is 6. The predicted octanol–water partition coefficient (Wildman–Crippen LogP) is 3.85. The van der Waals surface area contributed by atoms with Crippen molar-refractivity contribution in [1.29, 1.82) is 0 Å². The molecule has 2 N–H and O–H groups in total. The molecule has 3 unspecified atom stereocenters. The summed E-state index contributed by atoms with van der Waals surface area (Å²) >= 11 is 6.53. The van der Waals surface area contributed by atoms with Gasteiger partial charge in [-0.3, -0.25) is 0 Å². The van der Waals surface area contributed by atoms with Gasteiger partial charge >= 0.3 is 0 Å². The summed E-state index contributed by atoms with van der Waals surface area (Å²) in [4.78, 5) is 0. The van der Waals surface area contributed by atoms with E-state index in [1.165, 1.54) is 11.1 Å². The van der Waals surface area contributed by atoms with Crippen LogP contribution in [0.1, 0.15) is 42.7 Å². The fourth-order valence-corrected chi connectivity index (χ4v) is 4.99. The Morgan fingerprint density at radius 2 is 1.76 bits per heavy atom. The van der Waals surface area contributed by atoms with Crippen molar-refractivity contribution in [1.82, 2.24) is 0 Å². The van der Waals surface area contributed by atoms with Crippen LogP contribution < -0.4 is 9.47 Å². The van der Waals surface area contributed by atoms with Crippen LogP contribution in [0.3, 0.4) is 0 Å². The second kappa shape index (κ2) is 6.67. The van der Waals surface area contributed by atoms with Crippen LogP contribution in [0.2, 0.25) is 5.02 Å². The van der Waals surface area contributed by atoms with Gasteiger partial charge in [0, 0.05) is 21.9 Å². The lowest BCUT2D eigenvalue weighted by molar-refractivity contribution is 0.197. The van der Waals surface area contributed by atoms with Gasteiger partial charge in [-0.15, -0.1) is 0 Å². The van der Waals surface area contributed by atoms with E-state index in [4.69, 9.17) is 21.1 Å². The lowest BCUT2D eigenvalue weighted by Crippen LogP contribution is -2.14. The molecule has 0 aromatic heterocycles. The van der Waals surface area contributed by atoms with Gasteiger partial charge in [0.15, 0.2) is 0 Å². The van der Waals surface area contributed by atoms with Crippen LogP contribution >= 0.6 is 11.6 Å². The normalized spacial score (nSPS) is 23.9. The molecule has 0 radical (unpaired) electrons. The fraction of sp³-hybridized carbons (Fsp3) is 0.500. The topological polar surface area (TPSA) is 58.9 Å². The lowest BCUT2D eigenvalue weighted by atomic mass is 9.82. The van der Waals surface area contributed by atoms with E-state index in [2.05, 4.69) is 6.92 Å². The second-order valence-electron chi connectivity index (χ2n) is 7.04. The number of hydrogen-bond acceptors (Lipinski definition) is 4. The minimum absolute atomic E-state index is 0.0246.